The largest absolute Gasteiger partial charge is 0.493 e. The molecule has 2 N–H and O–H groups in total. The summed E-state index contributed by atoms with van der Waals surface area (Å²) in [5.41, 5.74) is 2.28. The van der Waals surface area contributed by atoms with Crippen LogP contribution >= 0.6 is 0 Å². The number of carbonyl (C=O) groups excluding carboxylic acids is 3. The van der Waals surface area contributed by atoms with E-state index in [1.807, 2.05) is 13.0 Å². The Kier molecular flexibility index (Phi) is 6.82. The Morgan fingerprint density at radius 1 is 1.00 bits per heavy atom. The molecule has 0 unspecified atom stereocenters. The maximum absolute atomic E-state index is 13.1. The Morgan fingerprint density at radius 2 is 1.78 bits per heavy atom. The van der Waals surface area contributed by atoms with Crippen molar-refractivity contribution in [3.63, 3.8) is 0 Å². The van der Waals surface area contributed by atoms with E-state index in [0.29, 0.717) is 28.3 Å². The van der Waals surface area contributed by atoms with Crippen molar-refractivity contribution in [3.05, 3.63) is 94.6 Å². The Morgan fingerprint density at radius 3 is 2.50 bits per heavy atom. The van der Waals surface area contributed by atoms with Gasteiger partial charge < -0.3 is 14.6 Å². The third-order valence-electron chi connectivity index (χ3n) is 5.43. The first-order chi connectivity index (χ1) is 17.3. The number of ether oxygens (including phenoxy) is 2. The van der Waals surface area contributed by atoms with E-state index in [-0.39, 0.29) is 17.7 Å². The second-order valence-electron chi connectivity index (χ2n) is 8.00. The lowest BCUT2D eigenvalue weighted by molar-refractivity contribution is -0.122. The number of carboxylic acid groups (broad SMARTS) is 1. The third kappa shape index (κ3) is 5.10. The first kappa shape index (κ1) is 24.2. The molecule has 0 radical (unpaired) electrons. The zero-order chi connectivity index (χ0) is 25.8. The highest BCUT2D eigenvalue weighted by Crippen LogP contribution is 2.30. The van der Waals surface area contributed by atoms with Crippen LogP contribution in [0.2, 0.25) is 0 Å². The number of nitrogens with zero attached hydrogens (tertiary/aromatic N) is 1. The van der Waals surface area contributed by atoms with Gasteiger partial charge in [0.25, 0.3) is 11.8 Å². The van der Waals surface area contributed by atoms with Crippen LogP contribution < -0.4 is 19.7 Å². The molecule has 3 aromatic carbocycles. The second kappa shape index (κ2) is 10.1. The Balaban J connectivity index is 1.58. The van der Waals surface area contributed by atoms with E-state index >= 15 is 0 Å². The summed E-state index contributed by atoms with van der Waals surface area (Å²) in [6.45, 7) is 1.93. The van der Waals surface area contributed by atoms with Crippen LogP contribution in [-0.2, 0) is 16.2 Å². The van der Waals surface area contributed by atoms with Gasteiger partial charge in [-0.25, -0.2) is 14.5 Å². The minimum Gasteiger partial charge on any atom is -0.493 e. The van der Waals surface area contributed by atoms with Crippen molar-refractivity contribution in [1.29, 1.82) is 0 Å². The SMILES string of the molecule is COc1cc(C=C2C(=O)NC(=O)N(c3cccc(C)c3)C2=O)ccc1OCc1cccc(C(=O)O)c1. The van der Waals surface area contributed by atoms with Crippen molar-refractivity contribution in [2.24, 2.45) is 0 Å². The number of anilines is 1. The number of aryl methyl sites for hydroxylation is 1. The molecule has 36 heavy (non-hydrogen) atoms. The number of urea groups is 1. The van der Waals surface area contributed by atoms with Gasteiger partial charge in [0.2, 0.25) is 0 Å². The Bertz CT molecular complexity index is 1410. The van der Waals surface area contributed by atoms with Gasteiger partial charge in [0, 0.05) is 0 Å². The lowest BCUT2D eigenvalue weighted by Gasteiger charge is -2.26. The van der Waals surface area contributed by atoms with Crippen LogP contribution in [0.25, 0.3) is 6.08 Å². The van der Waals surface area contributed by atoms with Crippen molar-refractivity contribution < 1.29 is 33.8 Å². The van der Waals surface area contributed by atoms with Gasteiger partial charge in [-0.05, 0) is 66.1 Å². The number of benzene rings is 3. The summed E-state index contributed by atoms with van der Waals surface area (Å²) in [5, 5.41) is 11.3. The van der Waals surface area contributed by atoms with Gasteiger partial charge in [-0.1, -0.05) is 30.3 Å². The third-order valence-corrected chi connectivity index (χ3v) is 5.43. The minimum atomic E-state index is -1.03. The molecule has 4 amide bonds. The van der Waals surface area contributed by atoms with Crippen molar-refractivity contribution in [2.75, 3.05) is 12.0 Å². The molecule has 0 saturated carbocycles. The summed E-state index contributed by atoms with van der Waals surface area (Å²) in [6, 6.07) is 17.2. The van der Waals surface area contributed by atoms with Crippen LogP contribution in [-0.4, -0.2) is 36.0 Å². The van der Waals surface area contributed by atoms with Gasteiger partial charge in [-0.3, -0.25) is 14.9 Å². The average Bonchev–Trinajstić information content (AvgIpc) is 2.85. The highest BCUT2D eigenvalue weighted by molar-refractivity contribution is 6.39. The van der Waals surface area contributed by atoms with Gasteiger partial charge in [0.05, 0.1) is 18.4 Å². The van der Waals surface area contributed by atoms with Crippen LogP contribution in [0.1, 0.15) is 27.0 Å². The molecule has 3 aromatic rings. The molecule has 0 bridgehead atoms. The molecule has 1 aliphatic rings. The number of imide groups is 2. The predicted octanol–water partition coefficient (Wildman–Crippen LogP) is 3.95. The number of aromatic carboxylic acids is 1. The van der Waals surface area contributed by atoms with Crippen LogP contribution in [0, 0.1) is 6.92 Å². The highest BCUT2D eigenvalue weighted by atomic mass is 16.5. The number of hydrogen-bond acceptors (Lipinski definition) is 6. The molecule has 0 aromatic heterocycles. The lowest BCUT2D eigenvalue weighted by Crippen LogP contribution is -2.54. The van der Waals surface area contributed by atoms with E-state index in [2.05, 4.69) is 5.32 Å². The summed E-state index contributed by atoms with van der Waals surface area (Å²) in [6.07, 6.45) is 1.37. The van der Waals surface area contributed by atoms with E-state index in [1.165, 1.54) is 25.3 Å². The van der Waals surface area contributed by atoms with E-state index in [1.54, 1.807) is 48.5 Å². The van der Waals surface area contributed by atoms with Gasteiger partial charge >= 0.3 is 12.0 Å². The van der Waals surface area contributed by atoms with Gasteiger partial charge in [-0.15, -0.1) is 0 Å². The summed E-state index contributed by atoms with van der Waals surface area (Å²) < 4.78 is 11.2. The normalized spacial score (nSPS) is 14.6. The molecule has 0 spiro atoms. The van der Waals surface area contributed by atoms with E-state index in [4.69, 9.17) is 14.6 Å². The summed E-state index contributed by atoms with van der Waals surface area (Å²) in [4.78, 5) is 50.1. The number of rotatable bonds is 7. The van der Waals surface area contributed by atoms with Gasteiger partial charge in [-0.2, -0.15) is 0 Å². The molecule has 9 nitrogen and oxygen atoms in total. The molecule has 9 heteroatoms. The molecule has 1 fully saturated rings. The maximum atomic E-state index is 13.1. The molecule has 0 aliphatic carbocycles. The van der Waals surface area contributed by atoms with Crippen LogP contribution in [0.5, 0.6) is 11.5 Å². The minimum absolute atomic E-state index is 0.104. The van der Waals surface area contributed by atoms with Crippen LogP contribution in [0.4, 0.5) is 10.5 Å². The fraction of sp³-hybridized carbons (Fsp3) is 0.111. The molecule has 1 saturated heterocycles. The van der Waals surface area contributed by atoms with Gasteiger partial charge in [0.15, 0.2) is 11.5 Å². The predicted molar refractivity (Wildman–Crippen MR) is 131 cm³/mol. The number of nitrogens with one attached hydrogen (secondary N) is 1. The fourth-order valence-electron chi connectivity index (χ4n) is 3.67. The smallest absolute Gasteiger partial charge is 0.335 e. The quantitative estimate of drug-likeness (QED) is 0.383. The molecule has 1 heterocycles. The fourth-order valence-corrected chi connectivity index (χ4v) is 3.67. The highest BCUT2D eigenvalue weighted by Gasteiger charge is 2.36. The molecule has 4 rings (SSSR count). The Labute approximate surface area is 206 Å². The lowest BCUT2D eigenvalue weighted by atomic mass is 10.1. The van der Waals surface area contributed by atoms with Crippen molar-refractivity contribution in [3.8, 4) is 11.5 Å². The topological polar surface area (TPSA) is 122 Å². The van der Waals surface area contributed by atoms with E-state index in [9.17, 15) is 19.2 Å². The zero-order valence-electron chi connectivity index (χ0n) is 19.5. The Hall–Kier alpha value is -4.92. The van der Waals surface area contributed by atoms with E-state index in [0.717, 1.165) is 10.5 Å². The molecule has 0 atom stereocenters. The monoisotopic (exact) mass is 486 g/mol. The standard InChI is InChI=1S/C27H22N2O7/c1-16-5-3-8-20(11-16)29-25(31)21(24(30)28-27(29)34)13-17-9-10-22(23(14-17)35-2)36-15-18-6-4-7-19(12-18)26(32)33/h3-14H,15H2,1-2H3,(H,32,33)(H,28,30,34). The van der Waals surface area contributed by atoms with Crippen LogP contribution in [0.15, 0.2) is 72.3 Å². The number of amides is 4. The number of methoxy groups -OCH3 is 1. The summed E-state index contributed by atoms with van der Waals surface area (Å²) in [7, 11) is 1.45. The number of barbiturate groups is 1. The maximum Gasteiger partial charge on any atom is 0.335 e. The molecule has 182 valence electrons. The number of carboxylic acids is 1. The molecular weight excluding hydrogens is 464 g/mol. The second-order valence-corrected chi connectivity index (χ2v) is 8.00. The first-order valence-electron chi connectivity index (χ1n) is 10.9. The van der Waals surface area contributed by atoms with E-state index < -0.39 is 23.8 Å². The first-order valence-corrected chi connectivity index (χ1v) is 10.9. The van der Waals surface area contributed by atoms with Crippen molar-refractivity contribution in [2.45, 2.75) is 13.5 Å². The van der Waals surface area contributed by atoms with Crippen molar-refractivity contribution >= 4 is 35.6 Å². The summed E-state index contributed by atoms with van der Waals surface area (Å²) in [5.74, 6) is -1.85. The number of carbonyl (C=O) groups is 4. The van der Waals surface area contributed by atoms with Crippen molar-refractivity contribution in [1.82, 2.24) is 5.32 Å². The number of hydrogen-bond donors (Lipinski definition) is 2. The van der Waals surface area contributed by atoms with Gasteiger partial charge in [0.1, 0.15) is 12.2 Å². The van der Waals surface area contributed by atoms with Crippen LogP contribution in [0.3, 0.4) is 0 Å². The zero-order valence-corrected chi connectivity index (χ0v) is 19.5. The average molecular weight is 486 g/mol. The molecule has 1 aliphatic heterocycles. The summed E-state index contributed by atoms with van der Waals surface area (Å²) >= 11 is 0. The molecular formula is C27H22N2O7.